The summed E-state index contributed by atoms with van der Waals surface area (Å²) in [6.45, 7) is 5.63. The minimum absolute atomic E-state index is 0.0836. The molecule has 3 aromatic rings. The Kier molecular flexibility index (Phi) is 15.0. The lowest BCUT2D eigenvalue weighted by Gasteiger charge is -2.37. The van der Waals surface area contributed by atoms with Gasteiger partial charge in [0.05, 0.1) is 26.0 Å². The number of Topliss-reactive ketones (excluding diaryl/α,β-unsaturated/α-hetero) is 1. The molecule has 1 saturated heterocycles. The number of nitrogens with zero attached hydrogens (tertiary/aromatic N) is 2. The zero-order valence-corrected chi connectivity index (χ0v) is 29.3. The molecule has 46 heavy (non-hydrogen) atoms. The van der Waals surface area contributed by atoms with Crippen LogP contribution in [0.5, 0.6) is 5.75 Å². The van der Waals surface area contributed by atoms with E-state index in [2.05, 4.69) is 50.0 Å². The molecule has 250 valence electrons. The van der Waals surface area contributed by atoms with Gasteiger partial charge in [0.15, 0.2) is 0 Å². The lowest BCUT2D eigenvalue weighted by atomic mass is 9.77. The average molecular weight is 698 g/mol. The molecule has 0 spiro atoms. The Morgan fingerprint density at radius 2 is 1.48 bits per heavy atom. The zero-order chi connectivity index (χ0) is 32.7. The van der Waals surface area contributed by atoms with Gasteiger partial charge >= 0.3 is 0 Å². The number of rotatable bonds is 13. The number of carbonyl (C=O) groups excluding carboxylic acids is 1. The maximum absolute atomic E-state index is 13.8. The van der Waals surface area contributed by atoms with Gasteiger partial charge in [0.1, 0.15) is 17.3 Å². The van der Waals surface area contributed by atoms with Crippen LogP contribution in [0.1, 0.15) is 66.7 Å². The lowest BCUT2D eigenvalue weighted by Crippen LogP contribution is -2.47. The average Bonchev–Trinajstić information content (AvgIpc) is 3.10. The van der Waals surface area contributed by atoms with E-state index in [1.165, 1.54) is 29.7 Å². The summed E-state index contributed by atoms with van der Waals surface area (Å²) in [5.41, 5.74) is 5.76. The fourth-order valence-corrected chi connectivity index (χ4v) is 7.25. The minimum Gasteiger partial charge on any atom is -0.494 e. The highest BCUT2D eigenvalue weighted by Gasteiger charge is 2.31. The van der Waals surface area contributed by atoms with Crippen molar-refractivity contribution in [3.05, 3.63) is 94.8 Å². The molecule has 0 bridgehead atoms. The SMILES string of the molecule is COCc1ccccc1C(CCN1CCN(c2ccc(F)cc2OC)CC1)C(=O)C1CCCCC1.COCc1ccccc1CBr. The normalized spacial score (nSPS) is 16.4. The molecule has 8 heteroatoms. The number of hydrogen-bond acceptors (Lipinski definition) is 6. The van der Waals surface area contributed by atoms with Gasteiger partial charge in [-0.2, -0.15) is 0 Å². The summed E-state index contributed by atoms with van der Waals surface area (Å²) in [5, 5.41) is 0.895. The molecule has 0 N–H and O–H groups in total. The van der Waals surface area contributed by atoms with Gasteiger partial charge in [-0.3, -0.25) is 9.69 Å². The highest BCUT2D eigenvalue weighted by atomic mass is 79.9. The summed E-state index contributed by atoms with van der Waals surface area (Å²) in [6.07, 6.45) is 6.46. The van der Waals surface area contributed by atoms with E-state index < -0.39 is 0 Å². The molecule has 5 rings (SSSR count). The molecule has 1 unspecified atom stereocenters. The second-order valence-electron chi connectivity index (χ2n) is 12.2. The van der Waals surface area contributed by atoms with E-state index in [1.807, 2.05) is 24.3 Å². The minimum atomic E-state index is -0.285. The predicted octanol–water partition coefficient (Wildman–Crippen LogP) is 8.15. The van der Waals surface area contributed by atoms with Crippen LogP contribution >= 0.6 is 15.9 Å². The van der Waals surface area contributed by atoms with Gasteiger partial charge in [-0.25, -0.2) is 4.39 Å². The van der Waals surface area contributed by atoms with Crippen LogP contribution in [-0.2, 0) is 32.8 Å². The van der Waals surface area contributed by atoms with Gasteiger partial charge < -0.3 is 19.1 Å². The molecule has 1 saturated carbocycles. The molecule has 2 aliphatic rings. The summed E-state index contributed by atoms with van der Waals surface area (Å²) >= 11 is 3.42. The van der Waals surface area contributed by atoms with Gasteiger partial charge in [-0.05, 0) is 60.2 Å². The second kappa shape index (κ2) is 19.1. The Labute approximate surface area is 283 Å². The van der Waals surface area contributed by atoms with Crippen molar-refractivity contribution in [2.45, 2.75) is 63.0 Å². The maximum atomic E-state index is 13.8. The molecule has 3 aromatic carbocycles. The number of halogens is 2. The number of hydrogen-bond donors (Lipinski definition) is 0. The fourth-order valence-electron chi connectivity index (χ4n) is 6.70. The van der Waals surface area contributed by atoms with Crippen LogP contribution in [0.2, 0.25) is 0 Å². The third kappa shape index (κ3) is 10.1. The van der Waals surface area contributed by atoms with Crippen LogP contribution in [-0.4, -0.2) is 64.7 Å². The molecular formula is C38H50BrFN2O4. The number of ether oxygens (including phenoxy) is 3. The van der Waals surface area contributed by atoms with Crippen LogP contribution in [0.25, 0.3) is 0 Å². The topological polar surface area (TPSA) is 51.2 Å². The Morgan fingerprint density at radius 3 is 2.13 bits per heavy atom. The highest BCUT2D eigenvalue weighted by Crippen LogP contribution is 2.34. The fraction of sp³-hybridized carbons (Fsp3) is 0.500. The zero-order valence-electron chi connectivity index (χ0n) is 27.7. The van der Waals surface area contributed by atoms with Crippen molar-refractivity contribution in [2.24, 2.45) is 5.92 Å². The molecule has 0 amide bonds. The first-order valence-electron chi connectivity index (χ1n) is 16.5. The van der Waals surface area contributed by atoms with E-state index in [-0.39, 0.29) is 17.7 Å². The first-order valence-corrected chi connectivity index (χ1v) is 17.6. The number of anilines is 1. The Hall–Kier alpha value is -2.78. The standard InChI is InChI=1S/C29H39FN2O3.C9H11BrO/c1-34-21-23-10-6-7-11-25(23)26(29(33)22-8-4-3-5-9-22)14-15-31-16-18-32(19-17-31)27-13-12-24(30)20-28(27)35-2;1-11-7-9-5-3-2-4-8(9)6-10/h6-7,10-13,20,22,26H,3-5,8-9,14-19,21H2,1-2H3;2-5H,6-7H2,1H3. The molecule has 2 fully saturated rings. The van der Waals surface area contributed by atoms with E-state index in [9.17, 15) is 9.18 Å². The number of carbonyl (C=O) groups is 1. The predicted molar refractivity (Wildman–Crippen MR) is 187 cm³/mol. The molecule has 0 aromatic heterocycles. The van der Waals surface area contributed by atoms with Crippen molar-refractivity contribution >= 4 is 27.4 Å². The number of methoxy groups -OCH3 is 3. The van der Waals surface area contributed by atoms with Gasteiger partial charge in [0.2, 0.25) is 0 Å². The van der Waals surface area contributed by atoms with Crippen LogP contribution < -0.4 is 9.64 Å². The summed E-state index contributed by atoms with van der Waals surface area (Å²) in [4.78, 5) is 18.5. The van der Waals surface area contributed by atoms with E-state index in [0.717, 1.165) is 87.0 Å². The van der Waals surface area contributed by atoms with Crippen LogP contribution in [0.15, 0.2) is 66.7 Å². The second-order valence-corrected chi connectivity index (χ2v) is 12.8. The molecule has 1 aliphatic heterocycles. The summed E-state index contributed by atoms with van der Waals surface area (Å²) in [7, 11) is 5.01. The van der Waals surface area contributed by atoms with Crippen molar-refractivity contribution in [1.82, 2.24) is 4.90 Å². The van der Waals surface area contributed by atoms with Crippen molar-refractivity contribution in [3.8, 4) is 5.75 Å². The van der Waals surface area contributed by atoms with Crippen LogP contribution in [0.3, 0.4) is 0 Å². The Bertz CT molecular complexity index is 1360. The van der Waals surface area contributed by atoms with Crippen molar-refractivity contribution < 1.29 is 23.4 Å². The largest absolute Gasteiger partial charge is 0.494 e. The van der Waals surface area contributed by atoms with Crippen molar-refractivity contribution in [2.75, 3.05) is 59.0 Å². The first-order chi connectivity index (χ1) is 22.5. The summed E-state index contributed by atoms with van der Waals surface area (Å²) < 4.78 is 29.5. The van der Waals surface area contributed by atoms with Crippen LogP contribution in [0, 0.1) is 11.7 Å². The third-order valence-corrected chi connectivity index (χ3v) is 9.84. The number of alkyl halides is 1. The molecule has 1 atom stereocenters. The molecule has 6 nitrogen and oxygen atoms in total. The highest BCUT2D eigenvalue weighted by molar-refractivity contribution is 9.08. The van der Waals surface area contributed by atoms with Gasteiger partial charge in [-0.1, -0.05) is 83.7 Å². The number of piperazine rings is 1. The van der Waals surface area contributed by atoms with Gasteiger partial charge in [0, 0.05) is 63.6 Å². The van der Waals surface area contributed by atoms with Gasteiger partial charge in [0.25, 0.3) is 0 Å². The van der Waals surface area contributed by atoms with Gasteiger partial charge in [-0.15, -0.1) is 0 Å². The molecule has 1 heterocycles. The molecule has 1 aliphatic carbocycles. The van der Waals surface area contributed by atoms with E-state index >= 15 is 0 Å². The first kappa shape index (κ1) is 36.1. The summed E-state index contributed by atoms with van der Waals surface area (Å²) in [5.74, 6) is 0.813. The Balaban J connectivity index is 0.000000369. The maximum Gasteiger partial charge on any atom is 0.145 e. The third-order valence-electron chi connectivity index (χ3n) is 9.23. The number of benzene rings is 3. The van der Waals surface area contributed by atoms with Crippen LogP contribution in [0.4, 0.5) is 10.1 Å². The van der Waals surface area contributed by atoms with E-state index in [0.29, 0.717) is 24.7 Å². The van der Waals surface area contributed by atoms with Crippen molar-refractivity contribution in [1.29, 1.82) is 0 Å². The summed E-state index contributed by atoms with van der Waals surface area (Å²) in [6, 6.07) is 21.3. The smallest absolute Gasteiger partial charge is 0.145 e. The monoisotopic (exact) mass is 696 g/mol. The number of ketones is 1. The van der Waals surface area contributed by atoms with E-state index in [1.54, 1.807) is 27.4 Å². The van der Waals surface area contributed by atoms with Crippen molar-refractivity contribution in [3.63, 3.8) is 0 Å². The quantitative estimate of drug-likeness (QED) is 0.168. The molecular weight excluding hydrogens is 647 g/mol. The molecule has 0 radical (unpaired) electrons. The lowest BCUT2D eigenvalue weighted by molar-refractivity contribution is -0.125. The van der Waals surface area contributed by atoms with E-state index in [4.69, 9.17) is 14.2 Å². The Morgan fingerprint density at radius 1 is 0.848 bits per heavy atom.